The number of benzene rings is 2. The first-order chi connectivity index (χ1) is 9.22. The van der Waals surface area contributed by atoms with E-state index in [9.17, 15) is 0 Å². The number of para-hydroxylation sites is 1. The summed E-state index contributed by atoms with van der Waals surface area (Å²) >= 11 is 11.3. The van der Waals surface area contributed by atoms with E-state index in [1.165, 1.54) is 4.70 Å². The summed E-state index contributed by atoms with van der Waals surface area (Å²) in [5.41, 5.74) is 1.96. The van der Waals surface area contributed by atoms with Crippen molar-refractivity contribution in [3.63, 3.8) is 0 Å². The van der Waals surface area contributed by atoms with Gasteiger partial charge in [0.05, 0.1) is 27.5 Å². The number of nitrogens with one attached hydrogen (secondary N) is 1. The van der Waals surface area contributed by atoms with Crippen LogP contribution in [-0.4, -0.2) is 4.98 Å². The molecule has 1 heterocycles. The van der Waals surface area contributed by atoms with Crippen LogP contribution in [0.25, 0.3) is 10.2 Å². The standard InChI is InChI=1S/C14H10BrClN2S/c15-9-5-6-10(16)12(7-9)17-8-14-18-11-3-1-2-4-13(11)19-14/h1-7,17H,8H2. The topological polar surface area (TPSA) is 24.9 Å². The molecule has 96 valence electrons. The van der Waals surface area contributed by atoms with E-state index in [-0.39, 0.29) is 0 Å². The van der Waals surface area contributed by atoms with E-state index in [0.717, 1.165) is 20.7 Å². The van der Waals surface area contributed by atoms with Crippen molar-refractivity contribution >= 4 is 54.8 Å². The van der Waals surface area contributed by atoms with Crippen molar-refractivity contribution in [3.8, 4) is 0 Å². The molecule has 5 heteroatoms. The zero-order valence-electron chi connectivity index (χ0n) is 9.86. The lowest BCUT2D eigenvalue weighted by Gasteiger charge is -2.06. The summed E-state index contributed by atoms with van der Waals surface area (Å²) in [6.07, 6.45) is 0. The molecule has 0 amide bonds. The maximum absolute atomic E-state index is 6.14. The molecule has 3 aromatic rings. The minimum atomic E-state index is 0.676. The van der Waals surface area contributed by atoms with E-state index in [0.29, 0.717) is 11.6 Å². The van der Waals surface area contributed by atoms with Crippen molar-refractivity contribution in [1.82, 2.24) is 4.98 Å². The Morgan fingerprint density at radius 2 is 2.05 bits per heavy atom. The highest BCUT2D eigenvalue weighted by Crippen LogP contribution is 2.27. The Balaban J connectivity index is 1.80. The number of hydrogen-bond donors (Lipinski definition) is 1. The van der Waals surface area contributed by atoms with Gasteiger partial charge in [0.25, 0.3) is 0 Å². The molecule has 3 rings (SSSR count). The molecule has 0 aliphatic heterocycles. The first kappa shape index (κ1) is 12.9. The second kappa shape index (κ2) is 5.49. The quantitative estimate of drug-likeness (QED) is 0.689. The number of aromatic nitrogens is 1. The summed E-state index contributed by atoms with van der Waals surface area (Å²) in [7, 11) is 0. The highest BCUT2D eigenvalue weighted by atomic mass is 79.9. The molecular weight excluding hydrogens is 344 g/mol. The smallest absolute Gasteiger partial charge is 0.113 e. The van der Waals surface area contributed by atoms with Crippen LogP contribution in [0.1, 0.15) is 5.01 Å². The normalized spacial score (nSPS) is 10.8. The number of hydrogen-bond acceptors (Lipinski definition) is 3. The molecule has 1 N–H and O–H groups in total. The molecule has 1 aromatic heterocycles. The van der Waals surface area contributed by atoms with Gasteiger partial charge in [-0.1, -0.05) is 39.7 Å². The SMILES string of the molecule is Clc1ccc(Br)cc1NCc1nc2ccccc2s1. The van der Waals surface area contributed by atoms with E-state index < -0.39 is 0 Å². The Morgan fingerprint density at radius 3 is 2.89 bits per heavy atom. The Hall–Kier alpha value is -1.10. The van der Waals surface area contributed by atoms with Gasteiger partial charge in [-0.05, 0) is 30.3 Å². The van der Waals surface area contributed by atoms with Gasteiger partial charge < -0.3 is 5.32 Å². The second-order valence-electron chi connectivity index (χ2n) is 4.05. The van der Waals surface area contributed by atoms with Crippen LogP contribution in [0.15, 0.2) is 46.9 Å². The fourth-order valence-corrected chi connectivity index (χ4v) is 3.25. The van der Waals surface area contributed by atoms with E-state index in [1.54, 1.807) is 11.3 Å². The van der Waals surface area contributed by atoms with Crippen molar-refractivity contribution in [2.45, 2.75) is 6.54 Å². The molecule has 0 saturated heterocycles. The van der Waals surface area contributed by atoms with Gasteiger partial charge in [-0.3, -0.25) is 0 Å². The predicted octanol–water partition coefficient (Wildman–Crippen LogP) is 5.32. The summed E-state index contributed by atoms with van der Waals surface area (Å²) in [6, 6.07) is 13.9. The Labute approximate surface area is 128 Å². The molecule has 0 spiro atoms. The van der Waals surface area contributed by atoms with Crippen LogP contribution >= 0.6 is 38.9 Å². The van der Waals surface area contributed by atoms with Crippen LogP contribution < -0.4 is 5.32 Å². The van der Waals surface area contributed by atoms with Crippen LogP contribution in [0.3, 0.4) is 0 Å². The van der Waals surface area contributed by atoms with Crippen LogP contribution in [0.5, 0.6) is 0 Å². The van der Waals surface area contributed by atoms with Crippen molar-refractivity contribution in [1.29, 1.82) is 0 Å². The van der Waals surface area contributed by atoms with E-state index in [1.807, 2.05) is 36.4 Å². The fourth-order valence-electron chi connectivity index (χ4n) is 1.80. The highest BCUT2D eigenvalue weighted by Gasteiger charge is 2.05. The van der Waals surface area contributed by atoms with Gasteiger partial charge in [-0.15, -0.1) is 11.3 Å². The van der Waals surface area contributed by atoms with Crippen LogP contribution in [0.4, 0.5) is 5.69 Å². The molecule has 19 heavy (non-hydrogen) atoms. The lowest BCUT2D eigenvalue weighted by molar-refractivity contribution is 1.12. The minimum Gasteiger partial charge on any atom is -0.377 e. The molecule has 0 fully saturated rings. The Morgan fingerprint density at radius 1 is 1.21 bits per heavy atom. The maximum Gasteiger partial charge on any atom is 0.113 e. The van der Waals surface area contributed by atoms with Gasteiger partial charge in [-0.2, -0.15) is 0 Å². The van der Waals surface area contributed by atoms with Crippen LogP contribution in [-0.2, 0) is 6.54 Å². The molecule has 0 aliphatic carbocycles. The molecule has 2 aromatic carbocycles. The van der Waals surface area contributed by atoms with Crippen molar-refractivity contribution in [3.05, 3.63) is 57.0 Å². The fraction of sp³-hybridized carbons (Fsp3) is 0.0714. The third-order valence-corrected chi connectivity index (χ3v) is 4.56. The number of thiazole rings is 1. The Bertz CT molecular complexity index is 693. The number of halogens is 2. The van der Waals surface area contributed by atoms with Crippen molar-refractivity contribution < 1.29 is 0 Å². The van der Waals surface area contributed by atoms with Gasteiger partial charge in [-0.25, -0.2) is 4.98 Å². The number of anilines is 1. The summed E-state index contributed by atoms with van der Waals surface area (Å²) < 4.78 is 2.21. The molecule has 0 unspecified atom stereocenters. The van der Waals surface area contributed by atoms with Gasteiger partial charge in [0.15, 0.2) is 0 Å². The average Bonchev–Trinajstić information content (AvgIpc) is 2.82. The predicted molar refractivity (Wildman–Crippen MR) is 86.1 cm³/mol. The Kier molecular flexibility index (Phi) is 3.73. The molecule has 0 bridgehead atoms. The molecule has 2 nitrogen and oxygen atoms in total. The molecule has 0 atom stereocenters. The zero-order valence-corrected chi connectivity index (χ0v) is 13.0. The largest absolute Gasteiger partial charge is 0.377 e. The molecule has 0 saturated carbocycles. The molecular formula is C14H10BrClN2S. The number of fused-ring (bicyclic) bond motifs is 1. The van der Waals surface area contributed by atoms with Crippen LogP contribution in [0, 0.1) is 0 Å². The summed E-state index contributed by atoms with van der Waals surface area (Å²) in [5, 5.41) is 5.08. The highest BCUT2D eigenvalue weighted by molar-refractivity contribution is 9.10. The van der Waals surface area contributed by atoms with E-state index >= 15 is 0 Å². The monoisotopic (exact) mass is 352 g/mol. The first-order valence-corrected chi connectivity index (χ1v) is 7.74. The average molecular weight is 354 g/mol. The zero-order chi connectivity index (χ0) is 13.2. The summed E-state index contributed by atoms with van der Waals surface area (Å²) in [6.45, 7) is 0.676. The third-order valence-electron chi connectivity index (χ3n) is 2.70. The number of nitrogens with zero attached hydrogens (tertiary/aromatic N) is 1. The van der Waals surface area contributed by atoms with Gasteiger partial charge in [0.2, 0.25) is 0 Å². The number of rotatable bonds is 3. The van der Waals surface area contributed by atoms with Gasteiger partial charge in [0.1, 0.15) is 5.01 Å². The summed E-state index contributed by atoms with van der Waals surface area (Å²) in [5.74, 6) is 0. The van der Waals surface area contributed by atoms with Crippen molar-refractivity contribution in [2.75, 3.05) is 5.32 Å². The van der Waals surface area contributed by atoms with Crippen molar-refractivity contribution in [2.24, 2.45) is 0 Å². The lowest BCUT2D eigenvalue weighted by Crippen LogP contribution is -1.99. The van der Waals surface area contributed by atoms with Gasteiger partial charge in [0, 0.05) is 4.47 Å². The van der Waals surface area contributed by atoms with E-state index in [4.69, 9.17) is 11.6 Å². The minimum absolute atomic E-state index is 0.676. The van der Waals surface area contributed by atoms with Gasteiger partial charge >= 0.3 is 0 Å². The third kappa shape index (κ3) is 2.91. The summed E-state index contributed by atoms with van der Waals surface area (Å²) in [4.78, 5) is 4.58. The molecule has 0 aliphatic rings. The lowest BCUT2D eigenvalue weighted by atomic mass is 10.3. The molecule has 0 radical (unpaired) electrons. The maximum atomic E-state index is 6.14. The second-order valence-corrected chi connectivity index (χ2v) is 6.49. The first-order valence-electron chi connectivity index (χ1n) is 5.76. The van der Waals surface area contributed by atoms with E-state index in [2.05, 4.69) is 32.3 Å². The van der Waals surface area contributed by atoms with Crippen LogP contribution in [0.2, 0.25) is 5.02 Å².